The van der Waals surface area contributed by atoms with Crippen molar-refractivity contribution in [2.45, 2.75) is 6.54 Å². The fourth-order valence-corrected chi connectivity index (χ4v) is 3.32. The van der Waals surface area contributed by atoms with Crippen LogP contribution in [0.1, 0.15) is 15.9 Å². The molecule has 0 unspecified atom stereocenters. The highest BCUT2D eigenvalue weighted by molar-refractivity contribution is 5.87. The van der Waals surface area contributed by atoms with E-state index in [2.05, 4.69) is 25.1 Å². The molecule has 4 heterocycles. The smallest absolute Gasteiger partial charge is 0.338 e. The Morgan fingerprint density at radius 2 is 1.94 bits per heavy atom. The second kappa shape index (κ2) is 7.75. The molecule has 10 nitrogen and oxygen atoms in total. The van der Waals surface area contributed by atoms with Crippen molar-refractivity contribution in [3.63, 3.8) is 0 Å². The minimum atomic E-state index is -1.15. The quantitative estimate of drug-likeness (QED) is 0.421. The van der Waals surface area contributed by atoms with Gasteiger partial charge in [-0.1, -0.05) is 6.07 Å². The van der Waals surface area contributed by atoms with E-state index in [1.54, 1.807) is 12.1 Å². The lowest BCUT2D eigenvalue weighted by Crippen LogP contribution is -2.17. The summed E-state index contributed by atoms with van der Waals surface area (Å²) in [6.45, 7) is 0.192. The third-order valence-corrected chi connectivity index (χ3v) is 4.90. The van der Waals surface area contributed by atoms with Crippen LogP contribution in [0.4, 0.5) is 8.78 Å². The number of rotatable bonds is 5. The number of aromatic nitrogens is 7. The summed E-state index contributed by atoms with van der Waals surface area (Å²) >= 11 is 0. The highest BCUT2D eigenvalue weighted by Gasteiger charge is 2.14. The number of hydrogen-bond donors (Lipinski definition) is 2. The number of aromatic carboxylic acids is 1. The van der Waals surface area contributed by atoms with Gasteiger partial charge >= 0.3 is 5.97 Å². The average molecular weight is 449 g/mol. The van der Waals surface area contributed by atoms with E-state index in [0.717, 1.165) is 23.0 Å². The summed E-state index contributed by atoms with van der Waals surface area (Å²) in [5.41, 5.74) is 1.16. The largest absolute Gasteiger partial charge is 0.478 e. The molecule has 164 valence electrons. The Kier molecular flexibility index (Phi) is 4.74. The molecular weight excluding hydrogens is 436 g/mol. The maximum absolute atomic E-state index is 14.0. The van der Waals surface area contributed by atoms with Gasteiger partial charge in [-0.25, -0.2) is 23.2 Å². The fraction of sp³-hybridized carbons (Fsp3) is 0.0476. The van der Waals surface area contributed by atoms with E-state index in [0.29, 0.717) is 16.8 Å². The van der Waals surface area contributed by atoms with E-state index in [1.807, 2.05) is 0 Å². The Hall–Kier alpha value is -4.74. The molecule has 0 spiro atoms. The van der Waals surface area contributed by atoms with Gasteiger partial charge < -0.3 is 5.11 Å². The first-order valence-corrected chi connectivity index (χ1v) is 9.53. The summed E-state index contributed by atoms with van der Waals surface area (Å²) in [5.74, 6) is -2.49. The predicted molar refractivity (Wildman–Crippen MR) is 111 cm³/mol. The van der Waals surface area contributed by atoms with Gasteiger partial charge in [0, 0.05) is 24.0 Å². The Balaban J connectivity index is 1.43. The van der Waals surface area contributed by atoms with Crippen LogP contribution in [0.2, 0.25) is 0 Å². The minimum Gasteiger partial charge on any atom is -0.478 e. The van der Waals surface area contributed by atoms with Crippen LogP contribution in [0.25, 0.3) is 28.2 Å². The van der Waals surface area contributed by atoms with Crippen molar-refractivity contribution in [3.8, 4) is 17.2 Å². The summed E-state index contributed by atoms with van der Waals surface area (Å²) in [6, 6.07) is 6.56. The van der Waals surface area contributed by atoms with E-state index in [4.69, 9.17) is 5.11 Å². The number of nitrogens with one attached hydrogen (secondary N) is 1. The van der Waals surface area contributed by atoms with Gasteiger partial charge in [-0.3, -0.25) is 19.4 Å². The molecule has 5 aromatic rings. The van der Waals surface area contributed by atoms with Crippen molar-refractivity contribution in [3.05, 3.63) is 88.2 Å². The molecule has 5 rings (SSSR count). The van der Waals surface area contributed by atoms with Crippen molar-refractivity contribution >= 4 is 17.0 Å². The number of carbonyl (C=O) groups is 1. The van der Waals surface area contributed by atoms with Crippen LogP contribution in [0, 0.1) is 11.6 Å². The van der Waals surface area contributed by atoms with Gasteiger partial charge in [-0.05, 0) is 23.8 Å². The van der Waals surface area contributed by atoms with Gasteiger partial charge in [0.25, 0.3) is 5.56 Å². The third kappa shape index (κ3) is 3.73. The van der Waals surface area contributed by atoms with Crippen LogP contribution >= 0.6 is 0 Å². The van der Waals surface area contributed by atoms with E-state index in [-0.39, 0.29) is 29.1 Å². The van der Waals surface area contributed by atoms with Crippen LogP contribution in [0.3, 0.4) is 0 Å². The van der Waals surface area contributed by atoms with E-state index in [9.17, 15) is 18.4 Å². The Labute approximate surface area is 182 Å². The number of H-pyrrole nitrogens is 1. The lowest BCUT2D eigenvalue weighted by molar-refractivity contribution is 0.0697. The minimum absolute atomic E-state index is 0.0481. The van der Waals surface area contributed by atoms with Crippen LogP contribution in [0.5, 0.6) is 0 Å². The van der Waals surface area contributed by atoms with Gasteiger partial charge in [0.05, 0.1) is 30.2 Å². The van der Waals surface area contributed by atoms with E-state index >= 15 is 0 Å². The summed E-state index contributed by atoms with van der Waals surface area (Å²) < 4.78 is 29.7. The number of halogens is 2. The first kappa shape index (κ1) is 20.2. The van der Waals surface area contributed by atoms with Gasteiger partial charge in [0.15, 0.2) is 5.52 Å². The molecular formula is C21H13F2N7O3. The number of benzene rings is 1. The van der Waals surface area contributed by atoms with Crippen LogP contribution in [-0.2, 0) is 6.54 Å². The molecule has 0 radical (unpaired) electrons. The first-order valence-electron chi connectivity index (χ1n) is 9.53. The molecule has 0 atom stereocenters. The van der Waals surface area contributed by atoms with Crippen molar-refractivity contribution in [1.29, 1.82) is 0 Å². The van der Waals surface area contributed by atoms with Gasteiger partial charge in [0.1, 0.15) is 17.2 Å². The molecule has 0 saturated carbocycles. The summed E-state index contributed by atoms with van der Waals surface area (Å²) in [5, 5.41) is 17.1. The van der Waals surface area contributed by atoms with Gasteiger partial charge in [-0.15, -0.1) is 0 Å². The molecule has 0 bridgehead atoms. The van der Waals surface area contributed by atoms with Crippen LogP contribution in [0.15, 0.2) is 59.9 Å². The second-order valence-corrected chi connectivity index (χ2v) is 7.08. The molecule has 1 aromatic carbocycles. The fourth-order valence-electron chi connectivity index (χ4n) is 3.32. The van der Waals surface area contributed by atoms with Gasteiger partial charge in [-0.2, -0.15) is 10.2 Å². The third-order valence-electron chi connectivity index (χ3n) is 4.90. The molecule has 0 saturated heterocycles. The second-order valence-electron chi connectivity index (χ2n) is 7.08. The Morgan fingerprint density at radius 3 is 2.64 bits per heavy atom. The van der Waals surface area contributed by atoms with Gasteiger partial charge in [0.2, 0.25) is 5.95 Å². The Morgan fingerprint density at radius 1 is 1.09 bits per heavy atom. The molecule has 0 aliphatic heterocycles. The summed E-state index contributed by atoms with van der Waals surface area (Å²) in [7, 11) is 0. The first-order chi connectivity index (χ1) is 15.9. The normalized spacial score (nSPS) is 11.2. The van der Waals surface area contributed by atoms with Crippen LogP contribution < -0.4 is 5.56 Å². The van der Waals surface area contributed by atoms with Crippen molar-refractivity contribution < 1.29 is 18.7 Å². The molecule has 0 fully saturated rings. The lowest BCUT2D eigenvalue weighted by atomic mass is 10.1. The maximum Gasteiger partial charge on any atom is 0.338 e. The van der Waals surface area contributed by atoms with Crippen molar-refractivity contribution in [2.24, 2.45) is 0 Å². The van der Waals surface area contributed by atoms with E-state index < -0.39 is 23.2 Å². The van der Waals surface area contributed by atoms with Crippen LogP contribution in [-0.4, -0.2) is 45.6 Å². The SMILES string of the molecule is O=C(O)c1cnn(-c2nc3cnn(Cc4ccc(-c5ccc(F)cc5F)nc4)c3c(=O)[nH]2)c1. The maximum atomic E-state index is 14.0. The zero-order valence-electron chi connectivity index (χ0n) is 16.6. The van der Waals surface area contributed by atoms with Crippen molar-refractivity contribution in [2.75, 3.05) is 0 Å². The summed E-state index contributed by atoms with van der Waals surface area (Å²) in [4.78, 5) is 34.8. The topological polar surface area (TPSA) is 132 Å². The van der Waals surface area contributed by atoms with E-state index in [1.165, 1.54) is 29.3 Å². The number of hydrogen-bond acceptors (Lipinski definition) is 6. The zero-order valence-corrected chi connectivity index (χ0v) is 16.6. The lowest BCUT2D eigenvalue weighted by Gasteiger charge is -2.06. The standard InChI is InChI=1S/C21H13F2N7O3/c22-13-2-3-14(15(23)5-13)16-4-1-11(6-24-16)9-29-18-17(8-26-29)27-21(28-19(18)31)30-10-12(7-25-30)20(32)33/h1-8,10H,9H2,(H,32,33)(H,27,28,31). The average Bonchev–Trinajstić information content (AvgIpc) is 3.43. The highest BCUT2D eigenvalue weighted by Crippen LogP contribution is 2.22. The number of carboxylic acids is 1. The zero-order chi connectivity index (χ0) is 23.1. The number of aromatic amines is 1. The molecule has 12 heteroatoms. The number of carboxylic acid groups (broad SMARTS) is 1. The number of pyridine rings is 1. The molecule has 2 N–H and O–H groups in total. The molecule has 0 amide bonds. The highest BCUT2D eigenvalue weighted by atomic mass is 19.1. The molecule has 0 aliphatic rings. The predicted octanol–water partition coefficient (Wildman–Crippen LogP) is 2.39. The number of fused-ring (bicyclic) bond motifs is 1. The van der Waals surface area contributed by atoms with Crippen molar-refractivity contribution in [1.82, 2.24) is 34.5 Å². The molecule has 33 heavy (non-hydrogen) atoms. The molecule has 4 aromatic heterocycles. The monoisotopic (exact) mass is 449 g/mol. The number of nitrogens with zero attached hydrogens (tertiary/aromatic N) is 6. The molecule has 0 aliphatic carbocycles. The Bertz CT molecular complexity index is 1570. The summed E-state index contributed by atoms with van der Waals surface area (Å²) in [6.07, 6.45) is 5.29.